The molecule has 4 unspecified atom stereocenters. The Morgan fingerprint density at radius 3 is 2.60 bits per heavy atom. The lowest BCUT2D eigenvalue weighted by molar-refractivity contribution is -0.127. The molecule has 0 aliphatic heterocycles. The molecule has 0 aromatic heterocycles. The molecule has 1 aromatic carbocycles. The highest BCUT2D eigenvalue weighted by molar-refractivity contribution is 5.80. The second-order valence-electron chi connectivity index (χ2n) is 7.80. The Balaban J connectivity index is 1.42. The van der Waals surface area contributed by atoms with Gasteiger partial charge in [-0.15, -0.1) is 0 Å². The Morgan fingerprint density at radius 1 is 1.24 bits per heavy atom. The average Bonchev–Trinajstić information content (AvgIpc) is 3.18. The third kappa shape index (κ3) is 4.53. The standard InChI is InChI=1S/C20H31N3O2/c1-23(2)10-3-11-25-17-8-4-14(5-9-17)13-22-20(24)18-15-6-7-16(12-15)19(18)21/h4-5,8-9,15-16,18-19H,3,6-7,10-13,21H2,1-2H3,(H,22,24). The van der Waals surface area contributed by atoms with E-state index in [9.17, 15) is 4.79 Å². The SMILES string of the molecule is CN(C)CCCOc1ccc(CNC(=O)C2C3CCC(C3)C2N)cc1. The lowest BCUT2D eigenvalue weighted by Gasteiger charge is -2.27. The van der Waals surface area contributed by atoms with Crippen LogP contribution < -0.4 is 15.8 Å². The van der Waals surface area contributed by atoms with Gasteiger partial charge >= 0.3 is 0 Å². The number of ether oxygens (including phenoxy) is 1. The maximum Gasteiger partial charge on any atom is 0.225 e. The van der Waals surface area contributed by atoms with Crippen LogP contribution in [0.1, 0.15) is 31.2 Å². The summed E-state index contributed by atoms with van der Waals surface area (Å²) in [5.74, 6) is 2.08. The molecule has 1 amide bonds. The number of benzene rings is 1. The minimum Gasteiger partial charge on any atom is -0.494 e. The minimum absolute atomic E-state index is 0.0121. The zero-order valence-corrected chi connectivity index (χ0v) is 15.4. The van der Waals surface area contributed by atoms with Gasteiger partial charge in [-0.2, -0.15) is 0 Å². The number of rotatable bonds is 8. The Morgan fingerprint density at radius 2 is 1.96 bits per heavy atom. The van der Waals surface area contributed by atoms with E-state index in [0.29, 0.717) is 18.4 Å². The number of nitrogens with one attached hydrogen (secondary N) is 1. The quantitative estimate of drug-likeness (QED) is 0.707. The van der Waals surface area contributed by atoms with Crippen molar-refractivity contribution in [1.29, 1.82) is 0 Å². The Hall–Kier alpha value is -1.59. The average molecular weight is 345 g/mol. The molecule has 0 heterocycles. The van der Waals surface area contributed by atoms with Crippen molar-refractivity contribution in [3.63, 3.8) is 0 Å². The van der Waals surface area contributed by atoms with E-state index >= 15 is 0 Å². The summed E-state index contributed by atoms with van der Waals surface area (Å²) in [6.45, 7) is 2.30. The minimum atomic E-state index is 0.0121. The fraction of sp³-hybridized carbons (Fsp3) is 0.650. The molecule has 2 aliphatic rings. The number of nitrogens with two attached hydrogens (primary N) is 1. The van der Waals surface area contributed by atoms with Crippen LogP contribution in [0.4, 0.5) is 0 Å². The molecule has 2 aliphatic carbocycles. The first-order valence-corrected chi connectivity index (χ1v) is 9.44. The van der Waals surface area contributed by atoms with Crippen LogP contribution in [0.3, 0.4) is 0 Å². The van der Waals surface area contributed by atoms with E-state index in [1.165, 1.54) is 6.42 Å². The highest BCUT2D eigenvalue weighted by Gasteiger charge is 2.48. The molecule has 0 radical (unpaired) electrons. The molecule has 1 aromatic rings. The van der Waals surface area contributed by atoms with Crippen molar-refractivity contribution in [3.05, 3.63) is 29.8 Å². The van der Waals surface area contributed by atoms with Gasteiger partial charge in [-0.3, -0.25) is 4.79 Å². The van der Waals surface area contributed by atoms with Gasteiger partial charge in [-0.05, 0) is 69.3 Å². The molecular formula is C20H31N3O2. The second-order valence-corrected chi connectivity index (χ2v) is 7.80. The third-order valence-corrected chi connectivity index (χ3v) is 5.69. The maximum atomic E-state index is 12.5. The monoisotopic (exact) mass is 345 g/mol. The van der Waals surface area contributed by atoms with Gasteiger partial charge in [0.25, 0.3) is 0 Å². The van der Waals surface area contributed by atoms with Crippen LogP contribution in [0.25, 0.3) is 0 Å². The van der Waals surface area contributed by atoms with Gasteiger partial charge < -0.3 is 20.7 Å². The predicted molar refractivity (Wildman–Crippen MR) is 99.3 cm³/mol. The fourth-order valence-corrected chi connectivity index (χ4v) is 4.31. The van der Waals surface area contributed by atoms with Crippen molar-refractivity contribution in [2.75, 3.05) is 27.2 Å². The van der Waals surface area contributed by atoms with Crippen LogP contribution >= 0.6 is 0 Å². The Bertz CT molecular complexity index is 571. The largest absolute Gasteiger partial charge is 0.494 e. The van der Waals surface area contributed by atoms with Crippen LogP contribution in [0.15, 0.2) is 24.3 Å². The molecule has 2 bridgehead atoms. The van der Waals surface area contributed by atoms with Gasteiger partial charge in [0, 0.05) is 19.1 Å². The Kier molecular flexibility index (Phi) is 5.97. The van der Waals surface area contributed by atoms with Crippen molar-refractivity contribution in [1.82, 2.24) is 10.2 Å². The highest BCUT2D eigenvalue weighted by atomic mass is 16.5. The van der Waals surface area contributed by atoms with Gasteiger partial charge in [-0.25, -0.2) is 0 Å². The van der Waals surface area contributed by atoms with E-state index in [-0.39, 0.29) is 17.9 Å². The molecule has 0 saturated heterocycles. The number of amides is 1. The Labute approximate surface area is 150 Å². The van der Waals surface area contributed by atoms with Crippen molar-refractivity contribution in [2.45, 2.75) is 38.3 Å². The van der Waals surface area contributed by atoms with Crippen molar-refractivity contribution in [2.24, 2.45) is 23.5 Å². The molecule has 5 heteroatoms. The summed E-state index contributed by atoms with van der Waals surface area (Å²) in [4.78, 5) is 14.6. The summed E-state index contributed by atoms with van der Waals surface area (Å²) in [7, 11) is 4.12. The first-order valence-electron chi connectivity index (χ1n) is 9.44. The summed E-state index contributed by atoms with van der Waals surface area (Å²) in [6.07, 6.45) is 4.51. The van der Waals surface area contributed by atoms with Crippen LogP contribution in [0.5, 0.6) is 5.75 Å². The summed E-state index contributed by atoms with van der Waals surface area (Å²) in [5.41, 5.74) is 7.34. The van der Waals surface area contributed by atoms with Crippen LogP contribution in [0, 0.1) is 17.8 Å². The van der Waals surface area contributed by atoms with E-state index in [0.717, 1.165) is 43.7 Å². The van der Waals surface area contributed by atoms with Crippen molar-refractivity contribution < 1.29 is 9.53 Å². The fourth-order valence-electron chi connectivity index (χ4n) is 4.31. The predicted octanol–water partition coefficient (Wildman–Crippen LogP) is 2.01. The van der Waals surface area contributed by atoms with Crippen LogP contribution in [-0.4, -0.2) is 44.1 Å². The topological polar surface area (TPSA) is 67.6 Å². The van der Waals surface area contributed by atoms with Crippen molar-refractivity contribution in [3.8, 4) is 5.75 Å². The lowest BCUT2D eigenvalue weighted by atomic mass is 9.84. The van der Waals surface area contributed by atoms with E-state index in [4.69, 9.17) is 10.5 Å². The van der Waals surface area contributed by atoms with Gasteiger partial charge in [0.1, 0.15) is 5.75 Å². The molecule has 138 valence electrons. The maximum absolute atomic E-state index is 12.5. The molecule has 2 saturated carbocycles. The molecule has 0 spiro atoms. The van der Waals surface area contributed by atoms with E-state index in [1.807, 2.05) is 24.3 Å². The third-order valence-electron chi connectivity index (χ3n) is 5.69. The molecule has 3 N–H and O–H groups in total. The highest BCUT2D eigenvalue weighted by Crippen LogP contribution is 2.47. The smallest absolute Gasteiger partial charge is 0.225 e. The molecule has 4 atom stereocenters. The van der Waals surface area contributed by atoms with Crippen LogP contribution in [0.2, 0.25) is 0 Å². The summed E-state index contributed by atoms with van der Waals surface area (Å²) < 4.78 is 5.74. The first kappa shape index (κ1) is 18.2. The molecule has 25 heavy (non-hydrogen) atoms. The number of carbonyl (C=O) groups excluding carboxylic acids is 1. The van der Waals surface area contributed by atoms with Crippen molar-refractivity contribution >= 4 is 5.91 Å². The van der Waals surface area contributed by atoms with Crippen LogP contribution in [-0.2, 0) is 11.3 Å². The van der Waals surface area contributed by atoms with E-state index < -0.39 is 0 Å². The molecule has 2 fully saturated rings. The van der Waals surface area contributed by atoms with Gasteiger partial charge in [-0.1, -0.05) is 12.1 Å². The van der Waals surface area contributed by atoms with E-state index in [2.05, 4.69) is 24.3 Å². The normalized spacial score (nSPS) is 27.7. The van der Waals surface area contributed by atoms with Gasteiger partial charge in [0.05, 0.1) is 12.5 Å². The van der Waals surface area contributed by atoms with Gasteiger partial charge in [0.2, 0.25) is 5.91 Å². The zero-order valence-electron chi connectivity index (χ0n) is 15.4. The number of fused-ring (bicyclic) bond motifs is 2. The number of carbonyl (C=O) groups is 1. The molecular weight excluding hydrogens is 314 g/mol. The lowest BCUT2D eigenvalue weighted by Crippen LogP contribution is -2.45. The summed E-state index contributed by atoms with van der Waals surface area (Å²) >= 11 is 0. The summed E-state index contributed by atoms with van der Waals surface area (Å²) in [5, 5.41) is 3.08. The van der Waals surface area contributed by atoms with Gasteiger partial charge in [0.15, 0.2) is 0 Å². The first-order chi connectivity index (χ1) is 12.0. The number of nitrogens with zero attached hydrogens (tertiary/aromatic N) is 1. The van der Waals surface area contributed by atoms with E-state index in [1.54, 1.807) is 0 Å². The zero-order chi connectivity index (χ0) is 17.8. The number of hydrogen-bond donors (Lipinski definition) is 2. The molecule has 3 rings (SSSR count). The molecule has 5 nitrogen and oxygen atoms in total. The summed E-state index contributed by atoms with van der Waals surface area (Å²) in [6, 6.07) is 8.03. The second kappa shape index (κ2) is 8.19. The number of hydrogen-bond acceptors (Lipinski definition) is 4.